The van der Waals surface area contributed by atoms with Crippen molar-refractivity contribution in [3.05, 3.63) is 84.5 Å². The van der Waals surface area contributed by atoms with Crippen LogP contribution in [0.15, 0.2) is 94.3 Å². The Labute approximate surface area is 268 Å². The second-order valence-corrected chi connectivity index (χ2v) is 17.1. The zero-order valence-electron chi connectivity index (χ0n) is 26.1. The van der Waals surface area contributed by atoms with Crippen molar-refractivity contribution >= 4 is 25.6 Å². The molecule has 45 heavy (non-hydrogen) atoms. The average Bonchev–Trinajstić information content (AvgIpc) is 3.56. The maximum absolute atomic E-state index is 14.6. The molecule has 0 spiro atoms. The van der Waals surface area contributed by atoms with Crippen LogP contribution in [0.1, 0.15) is 71.1 Å². The predicted octanol–water partition coefficient (Wildman–Crippen LogP) is 5.80. The van der Waals surface area contributed by atoms with E-state index in [1.54, 1.807) is 42.5 Å². The molecule has 5 atom stereocenters. The molecule has 0 unspecified atom stereocenters. The lowest BCUT2D eigenvalue weighted by molar-refractivity contribution is -0.140. The van der Waals surface area contributed by atoms with Gasteiger partial charge in [0.25, 0.3) is 0 Å². The minimum Gasteiger partial charge on any atom is -0.469 e. The Kier molecular flexibility index (Phi) is 11.8. The Morgan fingerprint density at radius 1 is 0.978 bits per heavy atom. The minimum absolute atomic E-state index is 0.0595. The second kappa shape index (κ2) is 15.2. The maximum atomic E-state index is 14.6. The van der Waals surface area contributed by atoms with Crippen LogP contribution >= 0.6 is 0 Å². The predicted molar refractivity (Wildman–Crippen MR) is 174 cm³/mol. The normalized spacial score (nSPS) is 22.7. The third-order valence-corrected chi connectivity index (χ3v) is 15.1. The van der Waals surface area contributed by atoms with Crippen LogP contribution in [0.5, 0.6) is 0 Å². The van der Waals surface area contributed by atoms with Gasteiger partial charge in [-0.1, -0.05) is 92.8 Å². The number of allylic oxidation sites excluding steroid dienone is 2. The fourth-order valence-corrected chi connectivity index (χ4v) is 12.0. The van der Waals surface area contributed by atoms with E-state index < -0.39 is 54.8 Å². The summed E-state index contributed by atoms with van der Waals surface area (Å²) in [5.41, 5.74) is 0.666. The SMILES string of the molecule is CCCCCC[C@H](O)/C=C/[C@H]1[C@H]2CC(CC(CCC(=O)OC)(S(=O)(=O)c3ccccc3)S(=O)(=O)c3ccccc3)=C[C@H]2C[C@H]1O. The van der Waals surface area contributed by atoms with Crippen LogP contribution in [-0.4, -0.2) is 56.4 Å². The summed E-state index contributed by atoms with van der Waals surface area (Å²) in [6, 6.07) is 15.0. The lowest BCUT2D eigenvalue weighted by Gasteiger charge is -2.34. The number of methoxy groups -OCH3 is 1. The van der Waals surface area contributed by atoms with Crippen molar-refractivity contribution in [3.63, 3.8) is 0 Å². The van der Waals surface area contributed by atoms with E-state index >= 15 is 0 Å². The van der Waals surface area contributed by atoms with Gasteiger partial charge in [-0.3, -0.25) is 4.79 Å². The van der Waals surface area contributed by atoms with E-state index in [4.69, 9.17) is 4.74 Å². The topological polar surface area (TPSA) is 135 Å². The average molecular weight is 659 g/mol. The lowest BCUT2D eigenvalue weighted by Crippen LogP contribution is -2.47. The zero-order valence-corrected chi connectivity index (χ0v) is 27.8. The molecule has 10 heteroatoms. The summed E-state index contributed by atoms with van der Waals surface area (Å²) in [4.78, 5) is 12.1. The van der Waals surface area contributed by atoms with Crippen molar-refractivity contribution in [2.45, 2.75) is 97.2 Å². The Balaban J connectivity index is 1.70. The summed E-state index contributed by atoms with van der Waals surface area (Å²) < 4.78 is 60.8. The Morgan fingerprint density at radius 2 is 1.58 bits per heavy atom. The minimum atomic E-state index is -4.58. The fraction of sp³-hybridized carbons (Fsp3) is 0.514. The summed E-state index contributed by atoms with van der Waals surface area (Å²) in [5.74, 6) is -1.08. The van der Waals surface area contributed by atoms with Crippen molar-refractivity contribution < 1.29 is 36.6 Å². The highest BCUT2D eigenvalue weighted by molar-refractivity contribution is 8.10. The first-order chi connectivity index (χ1) is 21.5. The third kappa shape index (κ3) is 7.62. The highest BCUT2D eigenvalue weighted by Crippen LogP contribution is 2.52. The number of benzene rings is 2. The molecule has 0 saturated heterocycles. The van der Waals surface area contributed by atoms with E-state index in [0.717, 1.165) is 25.7 Å². The number of carbonyl (C=O) groups excluding carboxylic acids is 1. The van der Waals surface area contributed by atoms with E-state index in [0.29, 0.717) is 24.8 Å². The van der Waals surface area contributed by atoms with Crippen LogP contribution in [0.3, 0.4) is 0 Å². The Bertz CT molecular complexity index is 1480. The van der Waals surface area contributed by atoms with Crippen LogP contribution in [0.2, 0.25) is 0 Å². The molecule has 4 rings (SSSR count). The number of unbranched alkanes of at least 4 members (excludes halogenated alkanes) is 3. The summed E-state index contributed by atoms with van der Waals surface area (Å²) >= 11 is 0. The smallest absolute Gasteiger partial charge is 0.305 e. The molecule has 2 aromatic rings. The molecule has 2 N–H and O–H groups in total. The molecule has 0 aliphatic heterocycles. The first kappa shape index (κ1) is 35.1. The molecule has 0 radical (unpaired) electrons. The summed E-state index contributed by atoms with van der Waals surface area (Å²) in [5, 5.41) is 21.4. The van der Waals surface area contributed by atoms with Gasteiger partial charge in [0, 0.05) is 18.8 Å². The van der Waals surface area contributed by atoms with Crippen molar-refractivity contribution in [1.29, 1.82) is 0 Å². The molecule has 0 amide bonds. The van der Waals surface area contributed by atoms with Gasteiger partial charge in [-0.15, -0.1) is 0 Å². The summed E-state index contributed by atoms with van der Waals surface area (Å²) in [7, 11) is -7.97. The quantitative estimate of drug-likeness (QED) is 0.131. The van der Waals surface area contributed by atoms with Crippen LogP contribution in [0.4, 0.5) is 0 Å². The van der Waals surface area contributed by atoms with Crippen molar-refractivity contribution in [1.82, 2.24) is 0 Å². The number of hydrogen-bond acceptors (Lipinski definition) is 8. The number of carbonyl (C=O) groups is 1. The van der Waals surface area contributed by atoms with E-state index in [1.165, 1.54) is 31.4 Å². The van der Waals surface area contributed by atoms with Crippen LogP contribution in [0.25, 0.3) is 0 Å². The highest BCUT2D eigenvalue weighted by Gasteiger charge is 2.57. The second-order valence-electron chi connectivity index (χ2n) is 12.3. The van der Waals surface area contributed by atoms with E-state index in [1.807, 2.05) is 12.2 Å². The molecule has 0 bridgehead atoms. The summed E-state index contributed by atoms with van der Waals surface area (Å²) in [6.07, 6.45) is 8.83. The molecule has 2 aromatic carbocycles. The van der Waals surface area contributed by atoms with Gasteiger partial charge in [-0.2, -0.15) is 0 Å². The molecule has 1 saturated carbocycles. The van der Waals surface area contributed by atoms with Crippen molar-refractivity contribution in [2.75, 3.05) is 7.11 Å². The number of hydrogen-bond donors (Lipinski definition) is 2. The number of aliphatic hydroxyl groups is 2. The van der Waals surface area contributed by atoms with Crippen LogP contribution in [-0.2, 0) is 29.2 Å². The molecule has 246 valence electrons. The summed E-state index contributed by atoms with van der Waals surface area (Å²) in [6.45, 7) is 2.13. The molecular weight excluding hydrogens is 613 g/mol. The van der Waals surface area contributed by atoms with Gasteiger partial charge in [0.05, 0.1) is 29.1 Å². The van der Waals surface area contributed by atoms with Gasteiger partial charge >= 0.3 is 5.97 Å². The fourth-order valence-electron chi connectivity index (χ4n) is 6.93. The van der Waals surface area contributed by atoms with Gasteiger partial charge in [-0.05, 0) is 61.8 Å². The number of esters is 1. The molecule has 2 aliphatic carbocycles. The standard InChI is InChI=1S/C35H46O8S2/c1-3-4-5-8-13-28(36)18-19-31-32-23-26(22-27(32)24-33(31)37)25-35(21-20-34(38)43-2,44(39,40)29-14-9-6-10-15-29)45(41,42)30-16-11-7-12-17-30/h6-7,9-12,14-19,22,27-28,31-33,36-37H,3-5,8,13,20-21,23-25H2,1-2H3/b19-18+/t27-,28-,31-,32-,33+/m0/s1. The van der Waals surface area contributed by atoms with Gasteiger partial charge in [-0.25, -0.2) is 16.8 Å². The maximum Gasteiger partial charge on any atom is 0.305 e. The van der Waals surface area contributed by atoms with Gasteiger partial charge in [0.2, 0.25) is 0 Å². The molecule has 0 aromatic heterocycles. The molecule has 8 nitrogen and oxygen atoms in total. The van der Waals surface area contributed by atoms with E-state index in [2.05, 4.69) is 6.92 Å². The van der Waals surface area contributed by atoms with Crippen molar-refractivity contribution in [2.24, 2.45) is 17.8 Å². The first-order valence-corrected chi connectivity index (χ1v) is 18.8. The van der Waals surface area contributed by atoms with Gasteiger partial charge < -0.3 is 14.9 Å². The zero-order chi connectivity index (χ0) is 32.7. The van der Waals surface area contributed by atoms with Crippen LogP contribution in [0, 0.1) is 17.8 Å². The third-order valence-electron chi connectivity index (χ3n) is 9.38. The van der Waals surface area contributed by atoms with Crippen molar-refractivity contribution in [3.8, 4) is 0 Å². The number of sulfone groups is 2. The number of ether oxygens (including phenoxy) is 1. The molecule has 2 aliphatic rings. The van der Waals surface area contributed by atoms with Crippen LogP contribution < -0.4 is 0 Å². The Morgan fingerprint density at radius 3 is 2.13 bits per heavy atom. The molecule has 1 fully saturated rings. The highest BCUT2D eigenvalue weighted by atomic mass is 32.3. The number of aliphatic hydroxyl groups excluding tert-OH is 2. The lowest BCUT2D eigenvalue weighted by atomic mass is 9.88. The number of fused-ring (bicyclic) bond motifs is 1. The monoisotopic (exact) mass is 658 g/mol. The van der Waals surface area contributed by atoms with Gasteiger partial charge in [0.15, 0.2) is 23.8 Å². The first-order valence-electron chi connectivity index (χ1n) is 15.9. The largest absolute Gasteiger partial charge is 0.469 e. The molecule has 0 heterocycles. The van der Waals surface area contributed by atoms with E-state index in [9.17, 15) is 31.8 Å². The van der Waals surface area contributed by atoms with E-state index in [-0.39, 0.29) is 34.0 Å². The Hall–Kier alpha value is -2.79. The number of rotatable bonds is 16. The molecular formula is C35H46O8S2. The van der Waals surface area contributed by atoms with Gasteiger partial charge in [0.1, 0.15) is 0 Å².